The first-order valence-corrected chi connectivity index (χ1v) is 11.4. The first kappa shape index (κ1) is 23.3. The number of benzene rings is 2. The molecule has 0 bridgehead atoms. The summed E-state index contributed by atoms with van der Waals surface area (Å²) in [5.41, 5.74) is 2.57. The molecule has 0 saturated carbocycles. The number of nitrogens with one attached hydrogen (secondary N) is 2. The Bertz CT molecular complexity index is 1450. The minimum Gasteiger partial charge on any atom is -0.497 e. The smallest absolute Gasteiger partial charge is 0.237 e. The van der Waals surface area contributed by atoms with E-state index < -0.39 is 17.6 Å². The van der Waals surface area contributed by atoms with Crippen molar-refractivity contribution in [3.05, 3.63) is 71.8 Å². The number of carbonyl (C=O) groups excluding carboxylic acids is 2. The Hall–Kier alpha value is -4.47. The average Bonchev–Trinajstić information content (AvgIpc) is 3.44. The van der Waals surface area contributed by atoms with Gasteiger partial charge in [-0.3, -0.25) is 9.59 Å². The maximum absolute atomic E-state index is 14.9. The highest BCUT2D eigenvalue weighted by Gasteiger charge is 2.31. The number of halogens is 1. The van der Waals surface area contributed by atoms with Crippen LogP contribution in [0.2, 0.25) is 0 Å². The number of aryl methyl sites for hydroxylation is 1. The van der Waals surface area contributed by atoms with E-state index in [0.717, 1.165) is 11.3 Å². The van der Waals surface area contributed by atoms with E-state index in [4.69, 9.17) is 9.47 Å². The number of anilines is 1. The second-order valence-corrected chi connectivity index (χ2v) is 8.47. The van der Waals surface area contributed by atoms with Crippen LogP contribution in [0, 0.1) is 18.7 Å². The average molecular weight is 490 g/mol. The van der Waals surface area contributed by atoms with E-state index in [-0.39, 0.29) is 17.3 Å². The first-order chi connectivity index (χ1) is 17.4. The van der Waals surface area contributed by atoms with Crippen molar-refractivity contribution in [1.82, 2.24) is 20.1 Å². The fourth-order valence-corrected chi connectivity index (χ4v) is 4.20. The monoisotopic (exact) mass is 489 g/mol. The van der Waals surface area contributed by atoms with Crippen molar-refractivity contribution >= 4 is 28.5 Å². The number of hydrogen-bond acceptors (Lipinski definition) is 6. The summed E-state index contributed by atoms with van der Waals surface area (Å²) in [6, 6.07) is 13.5. The minimum absolute atomic E-state index is 0.0126. The SMILES string of the molecule is COc1ccc(Cn2nc(C)c3c(Oc4ccc(NC(=O)C5CCNC5=O)cc4F)ccnc32)cc1. The molecule has 0 aliphatic carbocycles. The number of aromatic nitrogens is 3. The Morgan fingerprint density at radius 2 is 2.00 bits per heavy atom. The predicted octanol–water partition coefficient (Wildman–Crippen LogP) is 3.80. The van der Waals surface area contributed by atoms with Crippen molar-refractivity contribution in [3.63, 3.8) is 0 Å². The molecule has 0 radical (unpaired) electrons. The van der Waals surface area contributed by atoms with E-state index in [1.165, 1.54) is 18.2 Å². The van der Waals surface area contributed by atoms with Gasteiger partial charge in [0.05, 0.1) is 24.7 Å². The van der Waals surface area contributed by atoms with E-state index >= 15 is 0 Å². The largest absolute Gasteiger partial charge is 0.497 e. The summed E-state index contributed by atoms with van der Waals surface area (Å²) in [6.07, 6.45) is 2.00. The van der Waals surface area contributed by atoms with Crippen LogP contribution in [-0.4, -0.2) is 40.2 Å². The molecule has 1 saturated heterocycles. The summed E-state index contributed by atoms with van der Waals surface area (Å²) in [5, 5.41) is 10.5. The van der Waals surface area contributed by atoms with Crippen LogP contribution in [0.4, 0.5) is 10.1 Å². The van der Waals surface area contributed by atoms with Crippen LogP contribution < -0.4 is 20.1 Å². The molecular weight excluding hydrogens is 465 g/mol. The summed E-state index contributed by atoms with van der Waals surface area (Å²) in [4.78, 5) is 28.5. The molecular formula is C26H24FN5O4. The molecule has 1 atom stereocenters. The molecule has 10 heteroatoms. The van der Waals surface area contributed by atoms with Crippen LogP contribution in [0.25, 0.3) is 11.0 Å². The van der Waals surface area contributed by atoms with Gasteiger partial charge in [0.25, 0.3) is 0 Å². The normalized spacial score (nSPS) is 15.1. The van der Waals surface area contributed by atoms with Crippen molar-refractivity contribution < 1.29 is 23.5 Å². The molecule has 4 aromatic rings. The molecule has 9 nitrogen and oxygen atoms in total. The number of nitrogens with zero attached hydrogens (tertiary/aromatic N) is 3. The highest BCUT2D eigenvalue weighted by atomic mass is 19.1. The lowest BCUT2D eigenvalue weighted by Gasteiger charge is -2.12. The quantitative estimate of drug-likeness (QED) is 0.383. The van der Waals surface area contributed by atoms with Crippen LogP contribution in [0.1, 0.15) is 17.7 Å². The Morgan fingerprint density at radius 1 is 1.19 bits per heavy atom. The van der Waals surface area contributed by atoms with Crippen molar-refractivity contribution in [3.8, 4) is 17.2 Å². The van der Waals surface area contributed by atoms with Crippen molar-refractivity contribution in [1.29, 1.82) is 0 Å². The van der Waals surface area contributed by atoms with Gasteiger partial charge in [0.2, 0.25) is 11.8 Å². The van der Waals surface area contributed by atoms with Crippen molar-refractivity contribution in [2.75, 3.05) is 19.0 Å². The number of rotatable bonds is 7. The Morgan fingerprint density at radius 3 is 2.69 bits per heavy atom. The number of carbonyl (C=O) groups is 2. The van der Waals surface area contributed by atoms with Crippen LogP contribution in [0.15, 0.2) is 54.7 Å². The lowest BCUT2D eigenvalue weighted by atomic mass is 10.1. The van der Waals surface area contributed by atoms with Crippen molar-refractivity contribution in [2.24, 2.45) is 5.92 Å². The maximum atomic E-state index is 14.9. The molecule has 1 aliphatic heterocycles. The summed E-state index contributed by atoms with van der Waals surface area (Å²) in [5.74, 6) is -1.04. The third-order valence-electron chi connectivity index (χ3n) is 6.05. The first-order valence-electron chi connectivity index (χ1n) is 11.4. The Labute approximate surface area is 206 Å². The lowest BCUT2D eigenvalue weighted by Crippen LogP contribution is -2.29. The zero-order chi connectivity index (χ0) is 25.2. The summed E-state index contributed by atoms with van der Waals surface area (Å²) < 4.78 is 27.8. The molecule has 0 spiro atoms. The molecule has 36 heavy (non-hydrogen) atoms. The molecule has 2 amide bonds. The van der Waals surface area contributed by atoms with Gasteiger partial charge in [0.1, 0.15) is 17.4 Å². The molecule has 5 rings (SSSR count). The van der Waals surface area contributed by atoms with Gasteiger partial charge in [0.15, 0.2) is 17.2 Å². The topological polar surface area (TPSA) is 107 Å². The van der Waals surface area contributed by atoms with Crippen molar-refractivity contribution in [2.45, 2.75) is 19.9 Å². The number of methoxy groups -OCH3 is 1. The van der Waals surface area contributed by atoms with Gasteiger partial charge in [-0.25, -0.2) is 14.1 Å². The predicted molar refractivity (Wildman–Crippen MR) is 131 cm³/mol. The van der Waals surface area contributed by atoms with E-state index in [1.54, 1.807) is 24.1 Å². The second kappa shape index (κ2) is 9.65. The second-order valence-electron chi connectivity index (χ2n) is 8.47. The zero-order valence-corrected chi connectivity index (χ0v) is 19.7. The third kappa shape index (κ3) is 4.57. The molecule has 2 aromatic heterocycles. The van der Waals surface area contributed by atoms with Gasteiger partial charge in [-0.05, 0) is 49.2 Å². The highest BCUT2D eigenvalue weighted by Crippen LogP contribution is 2.33. The minimum atomic E-state index is -0.772. The Balaban J connectivity index is 1.36. The fourth-order valence-electron chi connectivity index (χ4n) is 4.20. The number of hydrogen-bond donors (Lipinski definition) is 2. The molecule has 1 fully saturated rings. The number of ether oxygens (including phenoxy) is 2. The van der Waals surface area contributed by atoms with E-state index in [0.29, 0.717) is 42.0 Å². The lowest BCUT2D eigenvalue weighted by molar-refractivity contribution is -0.130. The third-order valence-corrected chi connectivity index (χ3v) is 6.05. The molecule has 1 unspecified atom stereocenters. The van der Waals surface area contributed by atoms with Crippen LogP contribution in [-0.2, 0) is 16.1 Å². The van der Waals surface area contributed by atoms with Gasteiger partial charge < -0.3 is 20.1 Å². The maximum Gasteiger partial charge on any atom is 0.237 e. The summed E-state index contributed by atoms with van der Waals surface area (Å²) in [7, 11) is 1.62. The molecule has 1 aliphatic rings. The van der Waals surface area contributed by atoms with E-state index in [9.17, 15) is 14.0 Å². The summed E-state index contributed by atoms with van der Waals surface area (Å²) >= 11 is 0. The number of fused-ring (bicyclic) bond motifs is 1. The zero-order valence-electron chi connectivity index (χ0n) is 19.7. The molecule has 2 aromatic carbocycles. The molecule has 3 heterocycles. The standard InChI is InChI=1S/C26H24FN5O4/c1-15-23-22(10-12-28-24(23)32(31-15)14-16-3-6-18(35-2)7-4-16)36-21-8-5-17(13-20(21)27)30-26(34)19-9-11-29-25(19)33/h3-8,10,12-13,19H,9,11,14H2,1-2H3,(H,29,33)(H,30,34). The van der Waals surface area contributed by atoms with E-state index in [2.05, 4.69) is 20.7 Å². The van der Waals surface area contributed by atoms with Crippen LogP contribution in [0.3, 0.4) is 0 Å². The summed E-state index contributed by atoms with van der Waals surface area (Å²) in [6.45, 7) is 2.79. The molecule has 184 valence electrons. The van der Waals surface area contributed by atoms with Crippen LogP contribution in [0.5, 0.6) is 17.2 Å². The van der Waals surface area contributed by atoms with Gasteiger partial charge >= 0.3 is 0 Å². The molecule has 2 N–H and O–H groups in total. The van der Waals surface area contributed by atoms with E-state index in [1.807, 2.05) is 31.2 Å². The number of amides is 2. The van der Waals surface area contributed by atoms with Gasteiger partial charge in [-0.2, -0.15) is 5.10 Å². The van der Waals surface area contributed by atoms with Gasteiger partial charge in [-0.15, -0.1) is 0 Å². The fraction of sp³-hybridized carbons (Fsp3) is 0.231. The van der Waals surface area contributed by atoms with Gasteiger partial charge in [-0.1, -0.05) is 12.1 Å². The van der Waals surface area contributed by atoms with Gasteiger partial charge in [0, 0.05) is 24.5 Å². The van der Waals surface area contributed by atoms with Crippen LogP contribution >= 0.6 is 0 Å². The number of pyridine rings is 1. The Kier molecular flexibility index (Phi) is 6.24. The highest BCUT2D eigenvalue weighted by molar-refractivity contribution is 6.07.